The van der Waals surface area contributed by atoms with Gasteiger partial charge in [-0.05, 0) is 6.42 Å². The Hall–Kier alpha value is -0.410. The molecule has 0 amide bonds. The minimum absolute atomic E-state index is 0.260. The van der Waals surface area contributed by atoms with Crippen LogP contribution in [0, 0.1) is 6.92 Å². The molecule has 0 saturated carbocycles. The molecule has 1 aromatic heterocycles. The van der Waals surface area contributed by atoms with Crippen molar-refractivity contribution in [1.29, 1.82) is 0 Å². The zero-order valence-electron chi connectivity index (χ0n) is 9.12. The van der Waals surface area contributed by atoms with E-state index in [-0.39, 0.29) is 6.61 Å². The van der Waals surface area contributed by atoms with E-state index in [1.54, 1.807) is 11.3 Å². The highest BCUT2D eigenvalue weighted by Crippen LogP contribution is 2.11. The molecule has 0 fully saturated rings. The zero-order valence-corrected chi connectivity index (χ0v) is 9.94. The lowest BCUT2D eigenvalue weighted by Crippen LogP contribution is -2.34. The molecule has 0 radical (unpaired) electrons. The molecule has 0 unspecified atom stereocenters. The predicted molar refractivity (Wildman–Crippen MR) is 59.6 cm³/mol. The fourth-order valence-corrected chi connectivity index (χ4v) is 2.56. The normalized spacial score (nSPS) is 10.8. The second-order valence-electron chi connectivity index (χ2n) is 3.61. The first-order valence-corrected chi connectivity index (χ1v) is 6.24. The van der Waals surface area contributed by atoms with Crippen LogP contribution in [0.4, 0.5) is 0 Å². The van der Waals surface area contributed by atoms with Crippen molar-refractivity contribution in [2.75, 3.05) is 6.61 Å². The molecular formula is C11H20NOS+. The number of unbranched alkanes of at least 4 members (excludes halogenated alkanes) is 2. The van der Waals surface area contributed by atoms with Crippen molar-refractivity contribution < 1.29 is 9.67 Å². The third-order valence-electron chi connectivity index (χ3n) is 2.50. The lowest BCUT2D eigenvalue weighted by atomic mass is 10.2. The molecule has 0 saturated heterocycles. The van der Waals surface area contributed by atoms with Gasteiger partial charge < -0.3 is 5.11 Å². The molecule has 14 heavy (non-hydrogen) atoms. The number of aliphatic hydroxyl groups excluding tert-OH is 1. The topological polar surface area (TPSA) is 24.1 Å². The van der Waals surface area contributed by atoms with Gasteiger partial charge in [0, 0.05) is 26.4 Å². The number of hydrogen-bond acceptors (Lipinski definition) is 2. The molecule has 0 atom stereocenters. The molecule has 0 aromatic carbocycles. The monoisotopic (exact) mass is 214 g/mol. The van der Waals surface area contributed by atoms with Crippen LogP contribution >= 0.6 is 11.3 Å². The molecule has 1 rings (SSSR count). The van der Waals surface area contributed by atoms with E-state index in [1.807, 2.05) is 0 Å². The van der Waals surface area contributed by atoms with E-state index in [9.17, 15) is 0 Å². The molecule has 0 aliphatic heterocycles. The van der Waals surface area contributed by atoms with Crippen LogP contribution in [0.15, 0.2) is 5.51 Å². The number of aryl methyl sites for hydroxylation is 1. The molecule has 2 nitrogen and oxygen atoms in total. The fourth-order valence-electron chi connectivity index (χ4n) is 1.55. The van der Waals surface area contributed by atoms with Crippen LogP contribution in [0.5, 0.6) is 0 Å². The van der Waals surface area contributed by atoms with Crippen molar-refractivity contribution in [3.63, 3.8) is 0 Å². The van der Waals surface area contributed by atoms with Crippen LogP contribution in [-0.4, -0.2) is 11.7 Å². The van der Waals surface area contributed by atoms with Gasteiger partial charge in [-0.3, -0.25) is 0 Å². The Morgan fingerprint density at radius 3 is 2.86 bits per heavy atom. The lowest BCUT2D eigenvalue weighted by Gasteiger charge is -1.95. The summed E-state index contributed by atoms with van der Waals surface area (Å²) in [7, 11) is 0. The number of nitrogens with zero attached hydrogens (tertiary/aromatic N) is 1. The summed E-state index contributed by atoms with van der Waals surface area (Å²) in [6.45, 7) is 5.76. The first kappa shape index (κ1) is 11.7. The number of aromatic nitrogens is 1. The van der Waals surface area contributed by atoms with Crippen LogP contribution in [0.1, 0.15) is 36.8 Å². The summed E-state index contributed by atoms with van der Waals surface area (Å²) >= 11 is 1.76. The molecule has 0 bridgehead atoms. The summed E-state index contributed by atoms with van der Waals surface area (Å²) in [5, 5.41) is 8.86. The minimum Gasteiger partial charge on any atom is -0.396 e. The Morgan fingerprint density at radius 1 is 1.43 bits per heavy atom. The average Bonchev–Trinajstić information content (AvgIpc) is 2.51. The predicted octanol–water partition coefficient (Wildman–Crippen LogP) is 2.07. The summed E-state index contributed by atoms with van der Waals surface area (Å²) in [6, 6.07) is 0. The van der Waals surface area contributed by atoms with Gasteiger partial charge in [0.1, 0.15) is 6.54 Å². The van der Waals surface area contributed by atoms with E-state index in [4.69, 9.17) is 5.11 Å². The van der Waals surface area contributed by atoms with E-state index in [0.717, 1.165) is 13.0 Å². The summed E-state index contributed by atoms with van der Waals surface area (Å²) in [5.41, 5.74) is 3.51. The molecule has 1 N–H and O–H groups in total. The van der Waals surface area contributed by atoms with E-state index < -0.39 is 0 Å². The molecule has 1 aromatic rings. The Bertz CT molecular complexity index is 270. The van der Waals surface area contributed by atoms with Crippen LogP contribution < -0.4 is 4.57 Å². The minimum atomic E-state index is 0.260. The van der Waals surface area contributed by atoms with Crippen LogP contribution in [0.25, 0.3) is 0 Å². The average molecular weight is 214 g/mol. The number of thiazole rings is 1. The zero-order chi connectivity index (χ0) is 10.4. The Kier molecular flexibility index (Phi) is 5.12. The smallest absolute Gasteiger partial charge is 0.225 e. The van der Waals surface area contributed by atoms with E-state index >= 15 is 0 Å². The molecule has 0 aliphatic carbocycles. The second-order valence-corrected chi connectivity index (χ2v) is 4.55. The van der Waals surface area contributed by atoms with Crippen molar-refractivity contribution in [3.05, 3.63) is 16.1 Å². The fraction of sp³-hybridized carbons (Fsp3) is 0.727. The van der Waals surface area contributed by atoms with Crippen LogP contribution in [0.3, 0.4) is 0 Å². The van der Waals surface area contributed by atoms with Gasteiger partial charge in [-0.15, -0.1) is 0 Å². The Labute approximate surface area is 90.2 Å². The highest BCUT2D eigenvalue weighted by molar-refractivity contribution is 7.09. The van der Waals surface area contributed by atoms with E-state index in [2.05, 4.69) is 23.9 Å². The molecule has 80 valence electrons. The largest absolute Gasteiger partial charge is 0.396 e. The standard InChI is InChI=1S/C11H20NOS/c1-3-4-5-7-12-9-14-11(6-8-13)10(12)2/h9,13H,3-8H2,1-2H3/q+1. The van der Waals surface area contributed by atoms with Crippen molar-refractivity contribution in [2.45, 2.75) is 46.1 Å². The molecule has 1 heterocycles. The van der Waals surface area contributed by atoms with Crippen molar-refractivity contribution in [2.24, 2.45) is 0 Å². The first-order valence-electron chi connectivity index (χ1n) is 5.36. The summed E-state index contributed by atoms with van der Waals surface area (Å²) in [6.07, 6.45) is 4.64. The maximum atomic E-state index is 8.86. The Morgan fingerprint density at radius 2 is 2.21 bits per heavy atom. The number of hydrogen-bond donors (Lipinski definition) is 1. The summed E-state index contributed by atoms with van der Waals surface area (Å²) in [4.78, 5) is 1.32. The van der Waals surface area contributed by atoms with Gasteiger partial charge in [-0.1, -0.05) is 24.7 Å². The highest BCUT2D eigenvalue weighted by Gasteiger charge is 2.13. The van der Waals surface area contributed by atoms with Crippen molar-refractivity contribution >= 4 is 11.3 Å². The molecule has 0 spiro atoms. The maximum Gasteiger partial charge on any atom is 0.225 e. The number of aliphatic hydroxyl groups is 1. The highest BCUT2D eigenvalue weighted by atomic mass is 32.1. The van der Waals surface area contributed by atoms with Gasteiger partial charge >= 0.3 is 0 Å². The Balaban J connectivity index is 2.51. The SMILES string of the molecule is CCCCC[n+]1csc(CCO)c1C. The van der Waals surface area contributed by atoms with Gasteiger partial charge in [-0.2, -0.15) is 4.57 Å². The molecule has 3 heteroatoms. The van der Waals surface area contributed by atoms with Gasteiger partial charge in [0.05, 0.1) is 4.88 Å². The first-order chi connectivity index (χ1) is 6.79. The van der Waals surface area contributed by atoms with Crippen LogP contribution in [-0.2, 0) is 13.0 Å². The maximum absolute atomic E-state index is 8.86. The quantitative estimate of drug-likeness (QED) is 0.569. The van der Waals surface area contributed by atoms with Gasteiger partial charge in [-0.25, -0.2) is 0 Å². The van der Waals surface area contributed by atoms with Crippen LogP contribution in [0.2, 0.25) is 0 Å². The van der Waals surface area contributed by atoms with Gasteiger partial charge in [0.25, 0.3) is 0 Å². The third-order valence-corrected chi connectivity index (χ3v) is 3.64. The molecule has 0 aliphatic rings. The second kappa shape index (κ2) is 6.14. The van der Waals surface area contributed by atoms with Crippen molar-refractivity contribution in [3.8, 4) is 0 Å². The van der Waals surface area contributed by atoms with Crippen molar-refractivity contribution in [1.82, 2.24) is 0 Å². The van der Waals surface area contributed by atoms with Gasteiger partial charge in [0.2, 0.25) is 5.51 Å². The summed E-state index contributed by atoms with van der Waals surface area (Å²) < 4.78 is 2.31. The third kappa shape index (κ3) is 3.07. The summed E-state index contributed by atoms with van der Waals surface area (Å²) in [5.74, 6) is 0. The lowest BCUT2D eigenvalue weighted by molar-refractivity contribution is -0.698. The number of rotatable bonds is 6. The van der Waals surface area contributed by atoms with E-state index in [1.165, 1.54) is 29.8 Å². The molecular weight excluding hydrogens is 194 g/mol. The van der Waals surface area contributed by atoms with Gasteiger partial charge in [0.15, 0.2) is 5.69 Å². The van der Waals surface area contributed by atoms with E-state index in [0.29, 0.717) is 0 Å².